The second kappa shape index (κ2) is 4.93. The van der Waals surface area contributed by atoms with Crippen molar-refractivity contribution in [2.24, 2.45) is 0 Å². The molecule has 2 rings (SSSR count). The van der Waals surface area contributed by atoms with E-state index < -0.39 is 5.54 Å². The molecule has 1 atom stereocenters. The fourth-order valence-electron chi connectivity index (χ4n) is 1.94. The quantitative estimate of drug-likeness (QED) is 0.835. The predicted molar refractivity (Wildman–Crippen MR) is 64.2 cm³/mol. The molecule has 1 aliphatic heterocycles. The first kappa shape index (κ1) is 11.5. The van der Waals surface area contributed by atoms with Crippen LogP contribution in [0.15, 0.2) is 10.9 Å². The number of hydrogen-bond donors (Lipinski definition) is 2. The number of nitrogens with zero attached hydrogens (tertiary/aromatic N) is 1. The molecule has 1 aromatic rings. The SMILES string of the molecule is CC1(C(=O)NCc2cscn2)CCCCN1. The second-order valence-electron chi connectivity index (χ2n) is 4.38. The number of carbonyl (C=O) groups is 1. The molecule has 5 heteroatoms. The van der Waals surface area contributed by atoms with E-state index in [0.29, 0.717) is 6.54 Å². The molecule has 1 saturated heterocycles. The number of piperidine rings is 1. The molecule has 2 N–H and O–H groups in total. The molecule has 16 heavy (non-hydrogen) atoms. The first-order valence-electron chi connectivity index (χ1n) is 5.61. The molecule has 1 amide bonds. The van der Waals surface area contributed by atoms with Crippen molar-refractivity contribution in [3.63, 3.8) is 0 Å². The highest BCUT2D eigenvalue weighted by atomic mass is 32.1. The minimum atomic E-state index is -0.395. The Kier molecular flexibility index (Phi) is 3.56. The van der Waals surface area contributed by atoms with Crippen molar-refractivity contribution in [2.45, 2.75) is 38.3 Å². The second-order valence-corrected chi connectivity index (χ2v) is 5.10. The van der Waals surface area contributed by atoms with Crippen LogP contribution in [0.4, 0.5) is 0 Å². The molecule has 1 fully saturated rings. The van der Waals surface area contributed by atoms with Crippen molar-refractivity contribution in [2.75, 3.05) is 6.54 Å². The molecule has 0 radical (unpaired) electrons. The molecule has 2 heterocycles. The van der Waals surface area contributed by atoms with Crippen LogP contribution in [-0.2, 0) is 11.3 Å². The van der Waals surface area contributed by atoms with Gasteiger partial charge in [-0.1, -0.05) is 0 Å². The highest BCUT2D eigenvalue weighted by molar-refractivity contribution is 7.07. The Labute approximate surface area is 99.5 Å². The molecular formula is C11H17N3OS. The Bertz CT molecular complexity index is 344. The van der Waals surface area contributed by atoms with Crippen LogP contribution in [0.3, 0.4) is 0 Å². The van der Waals surface area contributed by atoms with Crippen molar-refractivity contribution in [3.05, 3.63) is 16.6 Å². The summed E-state index contributed by atoms with van der Waals surface area (Å²) in [5.41, 5.74) is 2.31. The molecule has 0 bridgehead atoms. The molecule has 1 unspecified atom stereocenters. The van der Waals surface area contributed by atoms with Gasteiger partial charge in [0.2, 0.25) is 5.91 Å². The number of hydrogen-bond acceptors (Lipinski definition) is 4. The van der Waals surface area contributed by atoms with Gasteiger partial charge in [0, 0.05) is 5.38 Å². The van der Waals surface area contributed by atoms with Gasteiger partial charge in [-0.25, -0.2) is 4.98 Å². The summed E-state index contributed by atoms with van der Waals surface area (Å²) in [5.74, 6) is 0.0835. The predicted octanol–water partition coefficient (Wildman–Crippen LogP) is 1.29. The maximum absolute atomic E-state index is 12.0. The topological polar surface area (TPSA) is 54.0 Å². The van der Waals surface area contributed by atoms with E-state index in [1.54, 1.807) is 16.8 Å². The molecule has 0 aromatic carbocycles. The molecule has 88 valence electrons. The van der Waals surface area contributed by atoms with Crippen molar-refractivity contribution >= 4 is 17.2 Å². The Hall–Kier alpha value is -0.940. The molecule has 0 aliphatic carbocycles. The van der Waals surface area contributed by atoms with Crippen molar-refractivity contribution in [3.8, 4) is 0 Å². The summed E-state index contributed by atoms with van der Waals surface area (Å²) in [6.45, 7) is 3.43. The number of carbonyl (C=O) groups excluding carboxylic acids is 1. The zero-order chi connectivity index (χ0) is 11.4. The maximum atomic E-state index is 12.0. The first-order chi connectivity index (χ1) is 7.71. The summed E-state index contributed by atoms with van der Waals surface area (Å²) in [7, 11) is 0. The van der Waals surface area contributed by atoms with E-state index in [-0.39, 0.29) is 5.91 Å². The van der Waals surface area contributed by atoms with Crippen LogP contribution in [0.2, 0.25) is 0 Å². The van der Waals surface area contributed by atoms with Crippen molar-refractivity contribution < 1.29 is 4.79 Å². The van der Waals surface area contributed by atoms with Crippen LogP contribution < -0.4 is 10.6 Å². The highest BCUT2D eigenvalue weighted by Gasteiger charge is 2.33. The Morgan fingerprint density at radius 1 is 1.69 bits per heavy atom. The summed E-state index contributed by atoms with van der Waals surface area (Å²) < 4.78 is 0. The minimum Gasteiger partial charge on any atom is -0.349 e. The largest absolute Gasteiger partial charge is 0.349 e. The summed E-state index contributed by atoms with van der Waals surface area (Å²) in [4.78, 5) is 16.2. The van der Waals surface area contributed by atoms with Gasteiger partial charge in [0.05, 0.1) is 23.3 Å². The van der Waals surface area contributed by atoms with E-state index in [0.717, 1.165) is 31.5 Å². The van der Waals surface area contributed by atoms with Crippen LogP contribution in [0.1, 0.15) is 31.9 Å². The van der Waals surface area contributed by atoms with Gasteiger partial charge in [-0.15, -0.1) is 11.3 Å². The third kappa shape index (κ3) is 2.59. The number of aromatic nitrogens is 1. The monoisotopic (exact) mass is 239 g/mol. The molecule has 1 aromatic heterocycles. The van der Waals surface area contributed by atoms with E-state index in [1.807, 2.05) is 12.3 Å². The van der Waals surface area contributed by atoms with Crippen LogP contribution >= 0.6 is 11.3 Å². The minimum absolute atomic E-state index is 0.0835. The van der Waals surface area contributed by atoms with Gasteiger partial charge in [-0.3, -0.25) is 4.79 Å². The Balaban J connectivity index is 1.87. The lowest BCUT2D eigenvalue weighted by Crippen LogP contribution is -2.56. The lowest BCUT2D eigenvalue weighted by atomic mass is 9.90. The van der Waals surface area contributed by atoms with E-state index in [4.69, 9.17) is 0 Å². The van der Waals surface area contributed by atoms with Crippen LogP contribution in [-0.4, -0.2) is 23.0 Å². The lowest BCUT2D eigenvalue weighted by molar-refractivity contribution is -0.128. The van der Waals surface area contributed by atoms with Crippen LogP contribution in [0.25, 0.3) is 0 Å². The van der Waals surface area contributed by atoms with Crippen molar-refractivity contribution in [1.82, 2.24) is 15.6 Å². The van der Waals surface area contributed by atoms with Gasteiger partial charge >= 0.3 is 0 Å². The fourth-order valence-corrected chi connectivity index (χ4v) is 2.50. The summed E-state index contributed by atoms with van der Waals surface area (Å²) in [6, 6.07) is 0. The van der Waals surface area contributed by atoms with E-state index in [9.17, 15) is 4.79 Å². The zero-order valence-corrected chi connectivity index (χ0v) is 10.3. The van der Waals surface area contributed by atoms with Gasteiger partial charge in [0.1, 0.15) is 0 Å². The molecule has 4 nitrogen and oxygen atoms in total. The van der Waals surface area contributed by atoms with E-state index >= 15 is 0 Å². The van der Waals surface area contributed by atoms with E-state index in [1.165, 1.54) is 0 Å². The number of rotatable bonds is 3. The van der Waals surface area contributed by atoms with Crippen LogP contribution in [0.5, 0.6) is 0 Å². The van der Waals surface area contributed by atoms with Gasteiger partial charge in [-0.2, -0.15) is 0 Å². The average Bonchev–Trinajstić information content (AvgIpc) is 2.79. The molecular weight excluding hydrogens is 222 g/mol. The fraction of sp³-hybridized carbons (Fsp3) is 0.636. The number of nitrogens with one attached hydrogen (secondary N) is 2. The molecule has 0 saturated carbocycles. The van der Waals surface area contributed by atoms with Gasteiger partial charge in [0.25, 0.3) is 0 Å². The van der Waals surface area contributed by atoms with Gasteiger partial charge in [-0.05, 0) is 32.7 Å². The third-order valence-corrected chi connectivity index (χ3v) is 3.67. The summed E-state index contributed by atoms with van der Waals surface area (Å²) in [6.07, 6.45) is 3.19. The maximum Gasteiger partial charge on any atom is 0.240 e. The van der Waals surface area contributed by atoms with E-state index in [2.05, 4.69) is 15.6 Å². The third-order valence-electron chi connectivity index (χ3n) is 3.03. The van der Waals surface area contributed by atoms with Crippen molar-refractivity contribution in [1.29, 1.82) is 0 Å². The van der Waals surface area contributed by atoms with Gasteiger partial charge in [0.15, 0.2) is 0 Å². The smallest absolute Gasteiger partial charge is 0.240 e. The average molecular weight is 239 g/mol. The summed E-state index contributed by atoms with van der Waals surface area (Å²) in [5, 5.41) is 8.19. The van der Waals surface area contributed by atoms with Gasteiger partial charge < -0.3 is 10.6 Å². The Morgan fingerprint density at radius 2 is 2.56 bits per heavy atom. The standard InChI is InChI=1S/C11H17N3OS/c1-11(4-2-3-5-14-11)10(15)12-6-9-7-16-8-13-9/h7-8,14H,2-6H2,1H3,(H,12,15). The van der Waals surface area contributed by atoms with Crippen LogP contribution in [0, 0.1) is 0 Å². The zero-order valence-electron chi connectivity index (χ0n) is 9.45. The number of thiazole rings is 1. The normalized spacial score (nSPS) is 25.3. The Morgan fingerprint density at radius 3 is 3.19 bits per heavy atom. The molecule has 0 spiro atoms. The lowest BCUT2D eigenvalue weighted by Gasteiger charge is -2.33. The highest BCUT2D eigenvalue weighted by Crippen LogP contribution is 2.18. The molecule has 1 aliphatic rings. The first-order valence-corrected chi connectivity index (χ1v) is 6.55. The summed E-state index contributed by atoms with van der Waals surface area (Å²) >= 11 is 1.55. The number of amides is 1.